The summed E-state index contributed by atoms with van der Waals surface area (Å²) in [7, 11) is 0. The molecule has 0 heterocycles. The van der Waals surface area contributed by atoms with E-state index in [1.54, 1.807) is 0 Å². The Hall–Kier alpha value is -3.55. The Balaban J connectivity index is 1.29. The molecule has 8 heteroatoms. The molecule has 5 rings (SSSR count). The first-order valence-electron chi connectivity index (χ1n) is 14.5. The number of fused-ring (bicyclic) bond motifs is 3. The predicted molar refractivity (Wildman–Crippen MR) is 151 cm³/mol. The minimum atomic E-state index is -0.991. The summed E-state index contributed by atoms with van der Waals surface area (Å²) in [4.78, 5) is 40.0. The molecule has 0 saturated heterocycles. The second-order valence-corrected chi connectivity index (χ2v) is 12.4. The largest absolute Gasteiger partial charge is 0.480 e. The van der Waals surface area contributed by atoms with Crippen LogP contribution in [-0.4, -0.2) is 58.5 Å². The average molecular weight is 549 g/mol. The van der Waals surface area contributed by atoms with Crippen molar-refractivity contribution in [2.45, 2.75) is 95.4 Å². The fourth-order valence-corrected chi connectivity index (χ4v) is 6.17. The van der Waals surface area contributed by atoms with E-state index in [4.69, 9.17) is 9.47 Å². The summed E-state index contributed by atoms with van der Waals surface area (Å²) in [6.07, 6.45) is 3.83. The van der Waals surface area contributed by atoms with Crippen LogP contribution >= 0.6 is 0 Å². The molecular formula is C32H40N2O6. The first kappa shape index (κ1) is 28.0. The fourth-order valence-electron chi connectivity index (χ4n) is 6.17. The van der Waals surface area contributed by atoms with Gasteiger partial charge < -0.3 is 19.9 Å². The minimum absolute atomic E-state index is 0.0813. The maximum Gasteiger partial charge on any atom is 0.410 e. The molecule has 0 aliphatic heterocycles. The van der Waals surface area contributed by atoms with Gasteiger partial charge in [-0.25, -0.2) is 14.4 Å². The first-order valence-corrected chi connectivity index (χ1v) is 14.5. The van der Waals surface area contributed by atoms with Gasteiger partial charge in [0.15, 0.2) is 0 Å². The van der Waals surface area contributed by atoms with Gasteiger partial charge in [-0.1, -0.05) is 61.4 Å². The summed E-state index contributed by atoms with van der Waals surface area (Å²) < 4.78 is 11.4. The van der Waals surface area contributed by atoms with Crippen LogP contribution in [0.2, 0.25) is 0 Å². The number of nitrogens with one attached hydrogen (secondary N) is 1. The highest BCUT2D eigenvalue weighted by Crippen LogP contribution is 2.45. The summed E-state index contributed by atoms with van der Waals surface area (Å²) in [5, 5.41) is 13.1. The number of carbonyl (C=O) groups is 3. The van der Waals surface area contributed by atoms with Crippen molar-refractivity contribution in [3.63, 3.8) is 0 Å². The lowest BCUT2D eigenvalue weighted by Gasteiger charge is -2.39. The van der Waals surface area contributed by atoms with Gasteiger partial charge in [0.25, 0.3) is 0 Å². The molecule has 2 aromatic carbocycles. The van der Waals surface area contributed by atoms with Gasteiger partial charge in [0.1, 0.15) is 18.2 Å². The van der Waals surface area contributed by atoms with Crippen molar-refractivity contribution in [2.75, 3.05) is 6.61 Å². The van der Waals surface area contributed by atoms with Crippen molar-refractivity contribution < 1.29 is 29.0 Å². The van der Waals surface area contributed by atoms with Crippen LogP contribution in [0, 0.1) is 5.92 Å². The molecule has 0 bridgehead atoms. The fraction of sp³-hybridized carbons (Fsp3) is 0.531. The van der Waals surface area contributed by atoms with E-state index in [2.05, 4.69) is 29.6 Å². The predicted octanol–water partition coefficient (Wildman–Crippen LogP) is 6.33. The Morgan fingerprint density at radius 2 is 1.50 bits per heavy atom. The van der Waals surface area contributed by atoms with Crippen LogP contribution in [0.1, 0.15) is 82.8 Å². The molecule has 2 fully saturated rings. The molecule has 3 aliphatic carbocycles. The van der Waals surface area contributed by atoms with Crippen LogP contribution in [0.5, 0.6) is 0 Å². The number of carbonyl (C=O) groups excluding carboxylic acids is 2. The lowest BCUT2D eigenvalue weighted by molar-refractivity contribution is -0.144. The summed E-state index contributed by atoms with van der Waals surface area (Å²) in [5.74, 6) is -0.761. The van der Waals surface area contributed by atoms with Gasteiger partial charge in [0, 0.05) is 18.0 Å². The number of carboxylic acid groups (broad SMARTS) is 1. The minimum Gasteiger partial charge on any atom is -0.480 e. The molecule has 0 spiro atoms. The van der Waals surface area contributed by atoms with E-state index in [1.807, 2.05) is 45.0 Å². The summed E-state index contributed by atoms with van der Waals surface area (Å²) in [6, 6.07) is 15.0. The number of ether oxygens (including phenoxy) is 2. The molecule has 2 aromatic rings. The molecule has 2 N–H and O–H groups in total. The molecule has 0 aromatic heterocycles. The van der Waals surface area contributed by atoms with Crippen molar-refractivity contribution in [3.8, 4) is 11.1 Å². The summed E-state index contributed by atoms with van der Waals surface area (Å²) >= 11 is 0. The number of amides is 2. The second-order valence-electron chi connectivity index (χ2n) is 12.4. The number of nitrogens with zero attached hydrogens (tertiary/aromatic N) is 1. The highest BCUT2D eigenvalue weighted by Gasteiger charge is 2.42. The monoisotopic (exact) mass is 548 g/mol. The third-order valence-electron chi connectivity index (χ3n) is 8.23. The number of hydrogen-bond donors (Lipinski definition) is 2. The first-order chi connectivity index (χ1) is 19.1. The number of alkyl carbamates (subject to hydrolysis) is 1. The Kier molecular flexibility index (Phi) is 8.06. The van der Waals surface area contributed by atoms with Crippen LogP contribution in [0.4, 0.5) is 9.59 Å². The third-order valence-corrected chi connectivity index (χ3v) is 8.23. The van der Waals surface area contributed by atoms with Crippen LogP contribution in [-0.2, 0) is 14.3 Å². The zero-order valence-corrected chi connectivity index (χ0v) is 23.6. The van der Waals surface area contributed by atoms with Crippen molar-refractivity contribution in [1.82, 2.24) is 10.2 Å². The standard InChI is InChI=1S/C32H40N2O6/c1-32(2,3)40-30(37)33-21-14-16-22(17-15-21)34(28(29(35)36)18-20-12-13-20)31(38)39-19-27-25-10-6-4-8-23(25)24-9-5-7-11-26(24)27/h4-11,20-22,27-28H,12-19H2,1-3H3,(H,33,37)(H,35,36). The molecule has 1 atom stereocenters. The zero-order chi connectivity index (χ0) is 28.4. The van der Waals surface area contributed by atoms with Crippen LogP contribution in [0.3, 0.4) is 0 Å². The second kappa shape index (κ2) is 11.5. The van der Waals surface area contributed by atoms with Gasteiger partial charge in [0.2, 0.25) is 0 Å². The maximum atomic E-state index is 13.7. The van der Waals surface area contributed by atoms with Crippen molar-refractivity contribution in [2.24, 2.45) is 5.92 Å². The molecule has 3 aliphatic rings. The number of aliphatic carboxylic acids is 1. The van der Waals surface area contributed by atoms with Gasteiger partial charge in [-0.3, -0.25) is 4.90 Å². The van der Waals surface area contributed by atoms with Crippen molar-refractivity contribution in [3.05, 3.63) is 59.7 Å². The van der Waals surface area contributed by atoms with Crippen LogP contribution in [0.25, 0.3) is 11.1 Å². The number of rotatable bonds is 8. The molecule has 2 amide bonds. The molecule has 214 valence electrons. The molecule has 1 unspecified atom stereocenters. The topological polar surface area (TPSA) is 105 Å². The van der Waals surface area contributed by atoms with Crippen molar-refractivity contribution in [1.29, 1.82) is 0 Å². The number of hydrogen-bond acceptors (Lipinski definition) is 5. The van der Waals surface area contributed by atoms with Gasteiger partial charge in [-0.2, -0.15) is 0 Å². The lowest BCUT2D eigenvalue weighted by Crippen LogP contribution is -2.53. The van der Waals surface area contributed by atoms with E-state index in [1.165, 1.54) is 4.90 Å². The van der Waals surface area contributed by atoms with Gasteiger partial charge >= 0.3 is 18.2 Å². The summed E-state index contributed by atoms with van der Waals surface area (Å²) in [6.45, 7) is 5.61. The molecular weight excluding hydrogens is 508 g/mol. The maximum absolute atomic E-state index is 13.7. The smallest absolute Gasteiger partial charge is 0.410 e. The normalized spacial score (nSPS) is 21.1. The van der Waals surface area contributed by atoms with Gasteiger partial charge in [-0.15, -0.1) is 0 Å². The van der Waals surface area contributed by atoms with E-state index in [9.17, 15) is 19.5 Å². The molecule has 0 radical (unpaired) electrons. The molecule has 2 saturated carbocycles. The Morgan fingerprint density at radius 3 is 2.02 bits per heavy atom. The van der Waals surface area contributed by atoms with Crippen molar-refractivity contribution >= 4 is 18.2 Å². The quantitative estimate of drug-likeness (QED) is 0.400. The Morgan fingerprint density at radius 1 is 0.925 bits per heavy atom. The van der Waals surface area contributed by atoms with Gasteiger partial charge in [-0.05, 0) is 81.0 Å². The Bertz CT molecular complexity index is 1200. The molecule has 8 nitrogen and oxygen atoms in total. The highest BCUT2D eigenvalue weighted by atomic mass is 16.6. The van der Waals surface area contributed by atoms with E-state index in [-0.39, 0.29) is 24.6 Å². The number of carboxylic acids is 1. The van der Waals surface area contributed by atoms with E-state index >= 15 is 0 Å². The zero-order valence-electron chi connectivity index (χ0n) is 23.6. The highest BCUT2D eigenvalue weighted by molar-refractivity contribution is 5.81. The van der Waals surface area contributed by atoms with Crippen LogP contribution < -0.4 is 5.32 Å². The lowest BCUT2D eigenvalue weighted by atomic mass is 9.89. The SMILES string of the molecule is CC(C)(C)OC(=O)NC1CCC(N(C(=O)OCC2c3ccccc3-c3ccccc32)C(CC2CC2)C(=O)O)CC1. The third kappa shape index (κ3) is 6.43. The van der Waals surface area contributed by atoms with E-state index in [0.717, 1.165) is 35.1 Å². The Labute approximate surface area is 236 Å². The molecule has 40 heavy (non-hydrogen) atoms. The van der Waals surface area contributed by atoms with E-state index in [0.29, 0.717) is 38.0 Å². The van der Waals surface area contributed by atoms with Gasteiger partial charge in [0.05, 0.1) is 0 Å². The van der Waals surface area contributed by atoms with E-state index < -0.39 is 29.8 Å². The average Bonchev–Trinajstić information content (AvgIpc) is 3.67. The summed E-state index contributed by atoms with van der Waals surface area (Å²) in [5.41, 5.74) is 3.93. The number of benzene rings is 2. The van der Waals surface area contributed by atoms with Crippen LogP contribution in [0.15, 0.2) is 48.5 Å².